The number of nitrogens with zero attached hydrogens (tertiary/aromatic N) is 1. The Hall–Kier alpha value is -2.17. The van der Waals surface area contributed by atoms with E-state index in [1.54, 1.807) is 0 Å². The molecule has 1 fully saturated rings. The fourth-order valence-corrected chi connectivity index (χ4v) is 4.10. The van der Waals surface area contributed by atoms with Crippen molar-refractivity contribution in [1.29, 1.82) is 0 Å². The highest BCUT2D eigenvalue weighted by atomic mass is 16.3. The van der Waals surface area contributed by atoms with Crippen LogP contribution in [0.3, 0.4) is 0 Å². The average Bonchev–Trinajstić information content (AvgIpc) is 2.73. The third kappa shape index (κ3) is 5.46. The molecule has 4 heteroatoms. The van der Waals surface area contributed by atoms with E-state index in [4.69, 9.17) is 0 Å². The van der Waals surface area contributed by atoms with Crippen LogP contribution in [-0.2, 0) is 11.2 Å². The number of aliphatic hydroxyl groups excluding tert-OH is 1. The second-order valence-electron chi connectivity index (χ2n) is 9.27. The normalized spacial score (nSPS) is 21.6. The second-order valence-corrected chi connectivity index (χ2v) is 9.27. The van der Waals surface area contributed by atoms with Gasteiger partial charge in [0.15, 0.2) is 0 Å². The van der Waals surface area contributed by atoms with Gasteiger partial charge in [-0.15, -0.1) is 0 Å². The first-order valence-corrected chi connectivity index (χ1v) is 10.6. The lowest BCUT2D eigenvalue weighted by Crippen LogP contribution is -2.52. The summed E-state index contributed by atoms with van der Waals surface area (Å²) in [5, 5.41) is 14.0. The van der Waals surface area contributed by atoms with Gasteiger partial charge in [0.05, 0.1) is 5.92 Å². The molecule has 0 aliphatic carbocycles. The molecule has 2 aromatic rings. The zero-order valence-electron chi connectivity index (χ0n) is 18.1. The Bertz CT molecular complexity index is 796. The molecule has 4 nitrogen and oxygen atoms in total. The van der Waals surface area contributed by atoms with Crippen LogP contribution < -0.4 is 5.32 Å². The number of carbonyl (C=O) groups excluding carboxylic acids is 1. The van der Waals surface area contributed by atoms with Crippen molar-refractivity contribution in [2.45, 2.75) is 52.7 Å². The summed E-state index contributed by atoms with van der Waals surface area (Å²) in [4.78, 5) is 15.1. The largest absolute Gasteiger partial charge is 0.378 e. The van der Waals surface area contributed by atoms with Crippen LogP contribution in [0.1, 0.15) is 51.2 Å². The number of hydrogen-bond donors (Lipinski definition) is 2. The van der Waals surface area contributed by atoms with Crippen LogP contribution in [0.5, 0.6) is 0 Å². The number of aryl methyl sites for hydroxylation is 1. The van der Waals surface area contributed by atoms with E-state index in [1.165, 1.54) is 11.1 Å². The first-order chi connectivity index (χ1) is 13.8. The lowest BCUT2D eigenvalue weighted by Gasteiger charge is -2.43. The molecule has 3 unspecified atom stereocenters. The molecule has 0 radical (unpaired) electrons. The van der Waals surface area contributed by atoms with E-state index in [-0.39, 0.29) is 23.2 Å². The van der Waals surface area contributed by atoms with Gasteiger partial charge in [0.25, 0.3) is 0 Å². The molecular weight excluding hydrogens is 360 g/mol. The minimum Gasteiger partial charge on any atom is -0.378 e. The first kappa shape index (κ1) is 21.5. The SMILES string of the molecule is CCc1ccc(C2CC(C(=O)Nc3ccccc3)CN(C(O)C(C)(C)C)C2)cc1. The van der Waals surface area contributed by atoms with E-state index in [0.29, 0.717) is 6.54 Å². The number of nitrogens with one attached hydrogen (secondary N) is 1. The Labute approximate surface area is 174 Å². The fourth-order valence-electron chi connectivity index (χ4n) is 4.10. The highest BCUT2D eigenvalue weighted by molar-refractivity contribution is 5.92. The molecule has 2 N–H and O–H groups in total. The maximum Gasteiger partial charge on any atom is 0.228 e. The molecule has 0 spiro atoms. The van der Waals surface area contributed by atoms with E-state index in [2.05, 4.69) is 41.4 Å². The molecule has 156 valence electrons. The van der Waals surface area contributed by atoms with Crippen LogP contribution >= 0.6 is 0 Å². The third-order valence-corrected chi connectivity index (χ3v) is 5.87. The minimum absolute atomic E-state index is 0.0252. The quantitative estimate of drug-likeness (QED) is 0.776. The number of aliphatic hydroxyl groups is 1. The Morgan fingerprint density at radius 3 is 2.34 bits per heavy atom. The predicted octanol–water partition coefficient (Wildman–Crippen LogP) is 4.66. The molecule has 1 aliphatic heterocycles. The Morgan fingerprint density at radius 1 is 1.10 bits per heavy atom. The summed E-state index contributed by atoms with van der Waals surface area (Å²) in [5.41, 5.74) is 3.10. The van der Waals surface area contributed by atoms with Gasteiger partial charge in [-0.3, -0.25) is 9.69 Å². The van der Waals surface area contributed by atoms with Gasteiger partial charge in [0, 0.05) is 24.2 Å². The molecule has 0 aromatic heterocycles. The third-order valence-electron chi connectivity index (χ3n) is 5.87. The van der Waals surface area contributed by atoms with Crippen LogP contribution in [-0.4, -0.2) is 35.2 Å². The average molecular weight is 395 g/mol. The number of amides is 1. The molecule has 1 heterocycles. The lowest BCUT2D eigenvalue weighted by molar-refractivity contribution is -0.128. The molecule has 3 atom stereocenters. The number of carbonyl (C=O) groups is 1. The predicted molar refractivity (Wildman–Crippen MR) is 119 cm³/mol. The summed E-state index contributed by atoms with van der Waals surface area (Å²) in [7, 11) is 0. The van der Waals surface area contributed by atoms with E-state index < -0.39 is 6.23 Å². The van der Waals surface area contributed by atoms with Gasteiger partial charge in [0.2, 0.25) is 5.91 Å². The van der Waals surface area contributed by atoms with Crippen molar-refractivity contribution in [1.82, 2.24) is 4.90 Å². The molecule has 0 bridgehead atoms. The Morgan fingerprint density at radius 2 is 1.76 bits per heavy atom. The van der Waals surface area contributed by atoms with Crippen molar-refractivity contribution < 1.29 is 9.90 Å². The molecule has 29 heavy (non-hydrogen) atoms. The molecule has 2 aromatic carbocycles. The summed E-state index contributed by atoms with van der Waals surface area (Å²) >= 11 is 0. The van der Waals surface area contributed by atoms with Crippen molar-refractivity contribution >= 4 is 11.6 Å². The van der Waals surface area contributed by atoms with Gasteiger partial charge in [0.1, 0.15) is 6.23 Å². The summed E-state index contributed by atoms with van der Waals surface area (Å²) in [6.07, 6.45) is 1.21. The molecule has 3 rings (SSSR count). The van der Waals surface area contributed by atoms with Gasteiger partial charge < -0.3 is 10.4 Å². The van der Waals surface area contributed by atoms with Crippen LogP contribution in [0, 0.1) is 11.3 Å². The standard InChI is InChI=1S/C25H34N2O2/c1-5-18-11-13-19(14-12-18)20-15-21(17-27(16-20)24(29)25(2,3)4)23(28)26-22-9-7-6-8-10-22/h6-14,20-21,24,29H,5,15-17H2,1-4H3,(H,26,28). The minimum atomic E-state index is -0.591. The molecule has 1 amide bonds. The summed E-state index contributed by atoms with van der Waals surface area (Å²) in [5.74, 6) is 0.0761. The zero-order valence-corrected chi connectivity index (χ0v) is 18.1. The Kier molecular flexibility index (Phi) is 6.76. The van der Waals surface area contributed by atoms with Gasteiger partial charge in [-0.25, -0.2) is 0 Å². The van der Waals surface area contributed by atoms with E-state index in [0.717, 1.165) is 25.1 Å². The van der Waals surface area contributed by atoms with Gasteiger partial charge >= 0.3 is 0 Å². The number of para-hydroxylation sites is 1. The summed E-state index contributed by atoms with van der Waals surface area (Å²) in [6.45, 7) is 9.60. The highest BCUT2D eigenvalue weighted by Crippen LogP contribution is 2.35. The topological polar surface area (TPSA) is 52.6 Å². The van der Waals surface area contributed by atoms with E-state index in [9.17, 15) is 9.90 Å². The van der Waals surface area contributed by atoms with Crippen molar-refractivity contribution in [2.75, 3.05) is 18.4 Å². The maximum atomic E-state index is 13.0. The number of likely N-dealkylation sites (tertiary alicyclic amines) is 1. The Balaban J connectivity index is 1.81. The van der Waals surface area contributed by atoms with Crippen LogP contribution in [0.25, 0.3) is 0 Å². The molecule has 1 saturated heterocycles. The van der Waals surface area contributed by atoms with Crippen LogP contribution in [0.4, 0.5) is 5.69 Å². The number of piperidine rings is 1. The van der Waals surface area contributed by atoms with Gasteiger partial charge in [-0.05, 0) is 42.0 Å². The second kappa shape index (κ2) is 9.10. The van der Waals surface area contributed by atoms with Crippen LogP contribution in [0.2, 0.25) is 0 Å². The smallest absolute Gasteiger partial charge is 0.228 e. The van der Waals surface area contributed by atoms with Gasteiger partial charge in [-0.2, -0.15) is 0 Å². The maximum absolute atomic E-state index is 13.0. The lowest BCUT2D eigenvalue weighted by atomic mass is 9.82. The first-order valence-electron chi connectivity index (χ1n) is 10.6. The van der Waals surface area contributed by atoms with E-state index in [1.807, 2.05) is 51.1 Å². The highest BCUT2D eigenvalue weighted by Gasteiger charge is 2.38. The molecule has 0 saturated carbocycles. The van der Waals surface area contributed by atoms with Crippen molar-refractivity contribution in [3.8, 4) is 0 Å². The molecular formula is C25H34N2O2. The number of hydrogen-bond acceptors (Lipinski definition) is 3. The van der Waals surface area contributed by atoms with E-state index >= 15 is 0 Å². The van der Waals surface area contributed by atoms with Gasteiger partial charge in [-0.1, -0.05) is 70.2 Å². The zero-order chi connectivity index (χ0) is 21.0. The van der Waals surface area contributed by atoms with Crippen molar-refractivity contribution in [3.05, 3.63) is 65.7 Å². The number of benzene rings is 2. The molecule has 1 aliphatic rings. The summed E-state index contributed by atoms with van der Waals surface area (Å²) < 4.78 is 0. The monoisotopic (exact) mass is 394 g/mol. The van der Waals surface area contributed by atoms with Crippen molar-refractivity contribution in [2.24, 2.45) is 11.3 Å². The fraction of sp³-hybridized carbons (Fsp3) is 0.480. The van der Waals surface area contributed by atoms with Crippen molar-refractivity contribution in [3.63, 3.8) is 0 Å². The van der Waals surface area contributed by atoms with Crippen LogP contribution in [0.15, 0.2) is 54.6 Å². The summed E-state index contributed by atoms with van der Waals surface area (Å²) in [6, 6.07) is 18.3. The number of rotatable bonds is 5. The number of anilines is 1.